The summed E-state index contributed by atoms with van der Waals surface area (Å²) in [5, 5.41) is 12.7. The summed E-state index contributed by atoms with van der Waals surface area (Å²) >= 11 is 3.75. The maximum absolute atomic E-state index is 6.49. The SMILES string of the molecule is c1ccc2c(c1)sc1c(-c3c4ccccc4c(-c4ccc5oc6ccc7sc8ccccc8c7c6c5c4)c4ccccc34)cccc12. The lowest BCUT2D eigenvalue weighted by molar-refractivity contribution is 0.669. The van der Waals surface area contributed by atoms with Crippen molar-refractivity contribution >= 4 is 107 Å². The molecular weight excluding hydrogens is 609 g/mol. The summed E-state index contributed by atoms with van der Waals surface area (Å²) in [6.07, 6.45) is 0. The molecule has 1 nitrogen and oxygen atoms in total. The van der Waals surface area contributed by atoms with Crippen molar-refractivity contribution in [3.05, 3.63) is 146 Å². The van der Waals surface area contributed by atoms with Crippen LogP contribution in [-0.4, -0.2) is 0 Å². The zero-order valence-corrected chi connectivity index (χ0v) is 26.7. The average molecular weight is 633 g/mol. The average Bonchev–Trinajstić information content (AvgIpc) is 3.81. The number of hydrogen-bond acceptors (Lipinski definition) is 3. The zero-order valence-electron chi connectivity index (χ0n) is 25.1. The number of thiophene rings is 2. The highest BCUT2D eigenvalue weighted by Gasteiger charge is 2.21. The Morgan fingerprint density at radius 1 is 0.362 bits per heavy atom. The van der Waals surface area contributed by atoms with Crippen molar-refractivity contribution < 1.29 is 4.42 Å². The van der Waals surface area contributed by atoms with Gasteiger partial charge < -0.3 is 4.42 Å². The summed E-state index contributed by atoms with van der Waals surface area (Å²) in [5.74, 6) is 0. The third kappa shape index (κ3) is 3.53. The van der Waals surface area contributed by atoms with E-state index in [0.717, 1.165) is 11.2 Å². The van der Waals surface area contributed by atoms with Gasteiger partial charge >= 0.3 is 0 Å². The monoisotopic (exact) mass is 632 g/mol. The smallest absolute Gasteiger partial charge is 0.136 e. The third-order valence-electron chi connectivity index (χ3n) is 9.87. The molecule has 47 heavy (non-hydrogen) atoms. The van der Waals surface area contributed by atoms with Crippen LogP contribution in [0, 0.1) is 0 Å². The minimum atomic E-state index is 0.924. The molecule has 3 heterocycles. The van der Waals surface area contributed by atoms with Gasteiger partial charge in [-0.3, -0.25) is 0 Å². The van der Waals surface area contributed by atoms with E-state index in [1.54, 1.807) is 0 Å². The molecule has 3 heteroatoms. The molecule has 0 aliphatic heterocycles. The molecule has 0 unspecified atom stereocenters. The van der Waals surface area contributed by atoms with E-state index in [9.17, 15) is 0 Å². The quantitative estimate of drug-likeness (QED) is 0.173. The summed E-state index contributed by atoms with van der Waals surface area (Å²) in [4.78, 5) is 0. The normalized spacial score (nSPS) is 12.3. The summed E-state index contributed by atoms with van der Waals surface area (Å²) in [7, 11) is 0. The lowest BCUT2D eigenvalue weighted by Gasteiger charge is -2.18. The van der Waals surface area contributed by atoms with Crippen molar-refractivity contribution in [1.82, 2.24) is 0 Å². The van der Waals surface area contributed by atoms with Crippen molar-refractivity contribution in [3.8, 4) is 22.3 Å². The number of fused-ring (bicyclic) bond motifs is 12. The highest BCUT2D eigenvalue weighted by Crippen LogP contribution is 2.49. The molecule has 0 saturated heterocycles. The first-order chi connectivity index (χ1) is 23.3. The molecule has 0 bridgehead atoms. The molecular formula is C44H24OS2. The molecule has 11 rings (SSSR count). The molecule has 218 valence electrons. The molecule has 0 aliphatic rings. The van der Waals surface area contributed by atoms with Crippen LogP contribution in [0.15, 0.2) is 150 Å². The van der Waals surface area contributed by atoms with E-state index in [4.69, 9.17) is 4.42 Å². The largest absolute Gasteiger partial charge is 0.456 e. The van der Waals surface area contributed by atoms with Gasteiger partial charge in [-0.1, -0.05) is 109 Å². The van der Waals surface area contributed by atoms with Crippen molar-refractivity contribution in [2.45, 2.75) is 0 Å². The van der Waals surface area contributed by atoms with Crippen molar-refractivity contribution in [3.63, 3.8) is 0 Å². The van der Waals surface area contributed by atoms with Crippen LogP contribution < -0.4 is 0 Å². The van der Waals surface area contributed by atoms with E-state index in [0.29, 0.717) is 0 Å². The van der Waals surface area contributed by atoms with Gasteiger partial charge in [-0.2, -0.15) is 0 Å². The van der Waals surface area contributed by atoms with Crippen LogP contribution >= 0.6 is 22.7 Å². The molecule has 0 N–H and O–H groups in total. The maximum Gasteiger partial charge on any atom is 0.136 e. The van der Waals surface area contributed by atoms with Crippen LogP contribution in [0.25, 0.3) is 106 Å². The van der Waals surface area contributed by atoms with Crippen LogP contribution in [0.3, 0.4) is 0 Å². The van der Waals surface area contributed by atoms with Crippen LogP contribution in [0.4, 0.5) is 0 Å². The van der Waals surface area contributed by atoms with Crippen LogP contribution in [0.5, 0.6) is 0 Å². The predicted molar refractivity (Wildman–Crippen MR) is 205 cm³/mol. The second kappa shape index (κ2) is 9.52. The molecule has 0 fully saturated rings. The van der Waals surface area contributed by atoms with Crippen LogP contribution in [0.2, 0.25) is 0 Å². The summed E-state index contributed by atoms with van der Waals surface area (Å²) in [6, 6.07) is 53.4. The Labute approximate surface area is 277 Å². The second-order valence-electron chi connectivity index (χ2n) is 12.3. The maximum atomic E-state index is 6.49. The Balaban J connectivity index is 1.25. The highest BCUT2D eigenvalue weighted by molar-refractivity contribution is 7.26. The number of hydrogen-bond donors (Lipinski definition) is 0. The predicted octanol–water partition coefficient (Wildman–Crippen LogP) is 14.0. The lowest BCUT2D eigenvalue weighted by atomic mass is 9.85. The molecule has 3 aromatic heterocycles. The Kier molecular flexibility index (Phi) is 5.20. The molecule has 0 spiro atoms. The van der Waals surface area contributed by atoms with E-state index in [1.807, 2.05) is 22.7 Å². The highest BCUT2D eigenvalue weighted by atomic mass is 32.1. The molecule has 8 aromatic carbocycles. The van der Waals surface area contributed by atoms with E-state index in [2.05, 4.69) is 146 Å². The number of rotatable bonds is 2. The molecule has 0 amide bonds. The zero-order chi connectivity index (χ0) is 30.6. The van der Waals surface area contributed by atoms with Crippen molar-refractivity contribution in [2.24, 2.45) is 0 Å². The van der Waals surface area contributed by atoms with Crippen LogP contribution in [0.1, 0.15) is 0 Å². The first-order valence-electron chi connectivity index (χ1n) is 15.9. The van der Waals surface area contributed by atoms with Crippen molar-refractivity contribution in [2.75, 3.05) is 0 Å². The minimum Gasteiger partial charge on any atom is -0.456 e. The van der Waals surface area contributed by atoms with Gasteiger partial charge in [-0.15, -0.1) is 22.7 Å². The third-order valence-corrected chi connectivity index (χ3v) is 12.2. The second-order valence-corrected chi connectivity index (χ2v) is 14.5. The van der Waals surface area contributed by atoms with Gasteiger partial charge in [0.15, 0.2) is 0 Å². The van der Waals surface area contributed by atoms with Gasteiger partial charge in [0.25, 0.3) is 0 Å². The minimum absolute atomic E-state index is 0.924. The molecule has 0 atom stereocenters. The van der Waals surface area contributed by atoms with Crippen LogP contribution in [-0.2, 0) is 0 Å². The Morgan fingerprint density at radius 3 is 1.70 bits per heavy atom. The summed E-state index contributed by atoms with van der Waals surface area (Å²) in [5.41, 5.74) is 6.93. The Bertz CT molecular complexity index is 3020. The fourth-order valence-corrected chi connectivity index (χ4v) is 10.2. The summed E-state index contributed by atoms with van der Waals surface area (Å²) < 4.78 is 11.8. The molecule has 0 radical (unpaired) electrons. The van der Waals surface area contributed by atoms with Gasteiger partial charge in [-0.25, -0.2) is 0 Å². The fraction of sp³-hybridized carbons (Fsp3) is 0. The Hall–Kier alpha value is -5.48. The first kappa shape index (κ1) is 25.7. The first-order valence-corrected chi connectivity index (χ1v) is 17.6. The van der Waals surface area contributed by atoms with E-state index >= 15 is 0 Å². The standard InChI is InChI=1S/C44H24OS2/c1-3-13-29-27(11-1)40(25-20-21-35-34(24-25)42-36(45-35)22-23-39-43(42)32-15-6-8-19-38(32)46-39)28-12-2-4-14-30(28)41(29)33-17-9-16-31-26-10-5-7-18-37(26)47-44(31)33/h1-24H. The fourth-order valence-electron chi connectivity index (χ4n) is 7.91. The molecule has 0 saturated carbocycles. The summed E-state index contributed by atoms with van der Waals surface area (Å²) in [6.45, 7) is 0. The van der Waals surface area contributed by atoms with Gasteiger partial charge in [-0.05, 0) is 74.6 Å². The molecule has 11 aromatic rings. The van der Waals surface area contributed by atoms with Gasteiger partial charge in [0.05, 0.1) is 0 Å². The Morgan fingerprint density at radius 2 is 0.957 bits per heavy atom. The number of furan rings is 1. The van der Waals surface area contributed by atoms with Gasteiger partial charge in [0.1, 0.15) is 11.2 Å². The van der Waals surface area contributed by atoms with Gasteiger partial charge in [0.2, 0.25) is 0 Å². The van der Waals surface area contributed by atoms with Crippen molar-refractivity contribution in [1.29, 1.82) is 0 Å². The van der Waals surface area contributed by atoms with E-state index in [1.165, 1.54) is 94.9 Å². The number of benzene rings is 8. The lowest BCUT2D eigenvalue weighted by Crippen LogP contribution is -1.91. The van der Waals surface area contributed by atoms with E-state index < -0.39 is 0 Å². The van der Waals surface area contributed by atoms with Gasteiger partial charge in [0, 0.05) is 56.7 Å². The topological polar surface area (TPSA) is 13.1 Å². The molecule has 0 aliphatic carbocycles. The van der Waals surface area contributed by atoms with E-state index in [-0.39, 0.29) is 0 Å².